The van der Waals surface area contributed by atoms with Crippen LogP contribution in [0.2, 0.25) is 0 Å². The summed E-state index contributed by atoms with van der Waals surface area (Å²) in [5, 5.41) is 4.32. The van der Waals surface area contributed by atoms with Crippen LogP contribution in [0.1, 0.15) is 95.9 Å². The summed E-state index contributed by atoms with van der Waals surface area (Å²) in [4.78, 5) is 45.2. The molecular weight excluding hydrogens is 528 g/mol. The second-order valence-corrected chi connectivity index (χ2v) is 12.7. The maximum Gasteiger partial charge on any atom is 0.251 e. The minimum Gasteiger partial charge on any atom is -0.438 e. The number of aromatic nitrogens is 2. The third-order valence-corrected chi connectivity index (χ3v) is 9.97. The number of pyridine rings is 1. The number of rotatable bonds is 7. The fourth-order valence-electron chi connectivity index (χ4n) is 7.10. The number of benzene rings is 1. The van der Waals surface area contributed by atoms with Crippen LogP contribution < -0.4 is 10.9 Å². The van der Waals surface area contributed by atoms with Gasteiger partial charge in [0.25, 0.3) is 5.56 Å². The molecule has 7 heterocycles. The number of carbonyl (C=O) groups excluding carboxylic acids is 2. The van der Waals surface area contributed by atoms with Crippen molar-refractivity contribution in [3.8, 4) is 11.3 Å². The molecule has 1 saturated carbocycles. The molecule has 8 heteroatoms. The number of nitrogens with zero attached hydrogens (tertiary/aromatic N) is 3. The third kappa shape index (κ3) is 6.24. The molecule has 3 aromatic rings. The Morgan fingerprint density at radius 1 is 1.02 bits per heavy atom. The Bertz CT molecular complexity index is 1480. The zero-order valence-electron chi connectivity index (χ0n) is 24.9. The highest BCUT2D eigenvalue weighted by Gasteiger charge is 2.58. The predicted octanol–water partition coefficient (Wildman–Crippen LogP) is 6.03. The topological polar surface area (TPSA) is 97.4 Å². The van der Waals surface area contributed by atoms with Crippen molar-refractivity contribution in [1.29, 1.82) is 0 Å². The number of amides is 1. The Balaban J connectivity index is 1.26. The number of unbranched alkanes of at least 4 members (excludes halogenated alkanes) is 2. The monoisotopic (exact) mass is 572 g/mol. The van der Waals surface area contributed by atoms with E-state index in [9.17, 15) is 14.4 Å². The standard InChI is InChI=1S/C34H44N4O4/c1-2-26(39)9-5-3-6-10-28-33-35-23-30(42-33)25-11-13-29-24(21-25)12-14-31(40)38(29)18-8-4-7-17-37-19-15-34(16-20-37)22-27(34)32(41)36-28/h11-14,21,23,27-28H,2-10,15-20,22H2,1H3,(H,36,41)/t27-,28+/m1/s1. The Labute approximate surface area is 247 Å². The number of piperidine rings is 1. The first-order valence-corrected chi connectivity index (χ1v) is 16.1. The van der Waals surface area contributed by atoms with Crippen LogP contribution in [-0.2, 0) is 16.1 Å². The van der Waals surface area contributed by atoms with E-state index in [-0.39, 0.29) is 28.8 Å². The van der Waals surface area contributed by atoms with Crippen LogP contribution >= 0.6 is 0 Å². The highest BCUT2D eigenvalue weighted by molar-refractivity contribution is 5.84. The van der Waals surface area contributed by atoms with Crippen molar-refractivity contribution in [3.63, 3.8) is 0 Å². The highest BCUT2D eigenvalue weighted by atomic mass is 16.4. The van der Waals surface area contributed by atoms with E-state index in [1.165, 1.54) is 0 Å². The molecule has 9 rings (SSSR count). The molecule has 42 heavy (non-hydrogen) atoms. The molecule has 8 bridgehead atoms. The normalized spacial score (nSPS) is 26.1. The first-order chi connectivity index (χ1) is 20.5. The van der Waals surface area contributed by atoms with Gasteiger partial charge >= 0.3 is 0 Å². The lowest BCUT2D eigenvalue weighted by Gasteiger charge is -2.33. The molecule has 2 fully saturated rings. The van der Waals surface area contributed by atoms with Gasteiger partial charge in [0.2, 0.25) is 11.8 Å². The van der Waals surface area contributed by atoms with Crippen molar-refractivity contribution in [1.82, 2.24) is 19.8 Å². The lowest BCUT2D eigenvalue weighted by atomic mass is 9.90. The summed E-state index contributed by atoms with van der Waals surface area (Å²) in [6.45, 7) is 5.82. The summed E-state index contributed by atoms with van der Waals surface area (Å²) >= 11 is 0. The smallest absolute Gasteiger partial charge is 0.251 e. The summed E-state index contributed by atoms with van der Waals surface area (Å²) in [6, 6.07) is 9.28. The molecule has 1 saturated heterocycles. The van der Waals surface area contributed by atoms with Gasteiger partial charge in [-0.05, 0) is 99.6 Å². The zero-order valence-corrected chi connectivity index (χ0v) is 24.9. The molecule has 1 aliphatic carbocycles. The maximum atomic E-state index is 13.6. The summed E-state index contributed by atoms with van der Waals surface area (Å²) in [7, 11) is 0. The van der Waals surface area contributed by atoms with Gasteiger partial charge in [0.05, 0.1) is 11.7 Å². The lowest BCUT2D eigenvalue weighted by molar-refractivity contribution is -0.124. The van der Waals surface area contributed by atoms with Gasteiger partial charge in [0, 0.05) is 36.9 Å². The fourth-order valence-corrected chi connectivity index (χ4v) is 7.10. The summed E-state index contributed by atoms with van der Waals surface area (Å²) in [5.41, 5.74) is 2.01. The number of carbonyl (C=O) groups is 2. The van der Waals surface area contributed by atoms with Crippen LogP contribution in [0, 0.1) is 11.3 Å². The van der Waals surface area contributed by atoms with Gasteiger partial charge in [-0.3, -0.25) is 14.4 Å². The lowest BCUT2D eigenvalue weighted by Crippen LogP contribution is -2.38. The Morgan fingerprint density at radius 3 is 2.69 bits per heavy atom. The summed E-state index contributed by atoms with van der Waals surface area (Å²) in [5.74, 6) is 1.68. The van der Waals surface area contributed by atoms with Crippen molar-refractivity contribution >= 4 is 22.6 Å². The molecule has 1 spiro atoms. The second-order valence-electron chi connectivity index (χ2n) is 12.7. The number of hydrogen-bond donors (Lipinski definition) is 1. The molecule has 1 amide bonds. The average molecular weight is 573 g/mol. The van der Waals surface area contributed by atoms with Gasteiger partial charge in [-0.1, -0.05) is 26.2 Å². The SMILES string of the molecule is CCC(=O)CCCCC[C@@H]1NC(=O)[C@H]2CC23CCN(CCCCCn2c(=O)ccc4cc(ccc42)-c2cnc1o2)CC3. The number of oxazole rings is 1. The van der Waals surface area contributed by atoms with E-state index in [2.05, 4.69) is 21.3 Å². The van der Waals surface area contributed by atoms with Crippen molar-refractivity contribution in [3.05, 3.63) is 52.8 Å². The van der Waals surface area contributed by atoms with Crippen LogP contribution in [0.4, 0.5) is 0 Å². The first-order valence-electron chi connectivity index (χ1n) is 16.1. The molecule has 1 N–H and O–H groups in total. The molecule has 224 valence electrons. The molecule has 0 radical (unpaired) electrons. The van der Waals surface area contributed by atoms with Crippen molar-refractivity contribution < 1.29 is 14.0 Å². The quantitative estimate of drug-likeness (QED) is 0.347. The van der Waals surface area contributed by atoms with Crippen molar-refractivity contribution in [2.45, 2.75) is 96.6 Å². The van der Waals surface area contributed by atoms with Crippen LogP contribution in [0.25, 0.3) is 22.2 Å². The molecule has 0 unspecified atom stereocenters. The molecule has 1 aromatic carbocycles. The number of aryl methyl sites for hydroxylation is 1. The predicted molar refractivity (Wildman–Crippen MR) is 163 cm³/mol. The molecule has 5 aliphatic heterocycles. The second kappa shape index (κ2) is 12.5. The van der Waals surface area contributed by atoms with E-state index in [4.69, 9.17) is 4.42 Å². The van der Waals surface area contributed by atoms with Crippen molar-refractivity contribution in [2.24, 2.45) is 11.3 Å². The van der Waals surface area contributed by atoms with E-state index in [0.717, 1.165) is 107 Å². The number of nitrogens with one attached hydrogen (secondary N) is 1. The van der Waals surface area contributed by atoms with E-state index >= 15 is 0 Å². The van der Waals surface area contributed by atoms with Gasteiger partial charge in [-0.25, -0.2) is 4.98 Å². The Kier molecular flexibility index (Phi) is 8.61. The molecule has 2 atom stereocenters. The van der Waals surface area contributed by atoms with Gasteiger partial charge < -0.3 is 19.2 Å². The average Bonchev–Trinajstić information content (AvgIpc) is 3.47. The van der Waals surface area contributed by atoms with E-state index in [0.29, 0.717) is 30.3 Å². The van der Waals surface area contributed by atoms with Crippen LogP contribution in [0.15, 0.2) is 45.7 Å². The Morgan fingerprint density at radius 2 is 1.86 bits per heavy atom. The zero-order chi connectivity index (χ0) is 29.1. The fraction of sp³-hybridized carbons (Fsp3) is 0.588. The molecule has 2 aromatic heterocycles. The number of ketones is 1. The van der Waals surface area contributed by atoms with Gasteiger partial charge in [0.15, 0.2) is 5.76 Å². The minimum absolute atomic E-state index is 0.0357. The number of hydrogen-bond acceptors (Lipinski definition) is 6. The van der Waals surface area contributed by atoms with Gasteiger partial charge in [0.1, 0.15) is 11.8 Å². The van der Waals surface area contributed by atoms with Crippen LogP contribution in [0.5, 0.6) is 0 Å². The number of Topliss-reactive ketones (excluding diaryl/α,β-unsaturated/α-hetero) is 1. The van der Waals surface area contributed by atoms with Crippen LogP contribution in [0.3, 0.4) is 0 Å². The Hall–Kier alpha value is -3.26. The summed E-state index contributed by atoms with van der Waals surface area (Å²) < 4.78 is 8.21. The van der Waals surface area contributed by atoms with E-state index < -0.39 is 0 Å². The highest BCUT2D eigenvalue weighted by Crippen LogP contribution is 2.59. The minimum atomic E-state index is -0.300. The van der Waals surface area contributed by atoms with Crippen molar-refractivity contribution in [2.75, 3.05) is 19.6 Å². The van der Waals surface area contributed by atoms with Gasteiger partial charge in [-0.2, -0.15) is 0 Å². The van der Waals surface area contributed by atoms with E-state index in [1.807, 2.05) is 29.7 Å². The van der Waals surface area contributed by atoms with E-state index in [1.54, 1.807) is 12.3 Å². The molecule has 8 nitrogen and oxygen atoms in total. The largest absolute Gasteiger partial charge is 0.438 e. The first kappa shape index (κ1) is 28.8. The maximum absolute atomic E-state index is 13.6. The molecule has 6 aliphatic rings. The molecular formula is C34H44N4O4. The van der Waals surface area contributed by atoms with Gasteiger partial charge in [-0.15, -0.1) is 0 Å². The summed E-state index contributed by atoms with van der Waals surface area (Å²) in [6.07, 6.45) is 12.7. The van der Waals surface area contributed by atoms with Crippen LogP contribution in [-0.4, -0.2) is 45.8 Å². The third-order valence-electron chi connectivity index (χ3n) is 9.97.